The second-order valence-electron chi connectivity index (χ2n) is 10.0. The molecule has 0 aliphatic carbocycles. The van der Waals surface area contributed by atoms with Crippen molar-refractivity contribution in [1.82, 2.24) is 14.8 Å². The van der Waals surface area contributed by atoms with Crippen LogP contribution >= 0.6 is 11.6 Å². The van der Waals surface area contributed by atoms with Gasteiger partial charge in [-0.3, -0.25) is 4.90 Å². The molecular weight excluding hydrogens is 510 g/mol. The van der Waals surface area contributed by atoms with Crippen molar-refractivity contribution < 1.29 is 23.5 Å². The molecule has 3 N–H and O–H groups in total. The highest BCUT2D eigenvalue weighted by Gasteiger charge is 2.45. The maximum atomic E-state index is 13.8. The number of amides is 4. The van der Waals surface area contributed by atoms with Crippen molar-refractivity contribution in [3.05, 3.63) is 64.4 Å². The van der Waals surface area contributed by atoms with Gasteiger partial charge in [-0.2, -0.15) is 0 Å². The molecule has 3 heterocycles. The average molecular weight is 542 g/mol. The number of ether oxygens (including phenoxy) is 2. The van der Waals surface area contributed by atoms with Gasteiger partial charge in [-0.25, -0.2) is 25.3 Å². The van der Waals surface area contributed by atoms with Crippen LogP contribution < -0.4 is 11.2 Å². The number of hydrogen-bond acceptors (Lipinski definition) is 7. The number of carbonyl (C=O) groups is 2. The smallest absolute Gasteiger partial charge is 0.345 e. The van der Waals surface area contributed by atoms with Crippen molar-refractivity contribution in [1.29, 1.82) is 0 Å². The van der Waals surface area contributed by atoms with E-state index in [9.17, 15) is 9.59 Å². The molecule has 2 saturated heterocycles. The summed E-state index contributed by atoms with van der Waals surface area (Å²) in [6.45, 7) is 8.09. The number of urea groups is 2. The van der Waals surface area contributed by atoms with Gasteiger partial charge >= 0.3 is 12.1 Å². The van der Waals surface area contributed by atoms with Crippen LogP contribution in [0.5, 0.6) is 0 Å². The van der Waals surface area contributed by atoms with Crippen LogP contribution in [0.4, 0.5) is 15.3 Å². The number of hydrazine groups is 1. The molecule has 0 spiro atoms. The summed E-state index contributed by atoms with van der Waals surface area (Å²) in [6.07, 6.45) is -0.634. The minimum atomic E-state index is -0.950. The first kappa shape index (κ1) is 26.3. The fourth-order valence-electron chi connectivity index (χ4n) is 4.88. The zero-order chi connectivity index (χ0) is 27.2. The minimum absolute atomic E-state index is 0.0125. The largest absolute Gasteiger partial charge is 0.461 e. The first-order valence-corrected chi connectivity index (χ1v) is 12.9. The van der Waals surface area contributed by atoms with Crippen LogP contribution in [0.3, 0.4) is 0 Å². The second-order valence-corrected chi connectivity index (χ2v) is 10.5. The number of halogens is 1. The molecule has 11 heteroatoms. The monoisotopic (exact) mass is 541 g/mol. The van der Waals surface area contributed by atoms with E-state index < -0.39 is 30.2 Å². The number of nitrogens with zero attached hydrogens (tertiary/aromatic N) is 3. The third-order valence-corrected chi connectivity index (χ3v) is 7.11. The number of rotatable bonds is 7. The molecule has 1 aromatic heterocycles. The number of aryl methyl sites for hydroxylation is 2. The fraction of sp³-hybridized carbons (Fsp3) is 0.407. The number of fused-ring (bicyclic) bond motifs is 1. The molecule has 5 rings (SSSR count). The molecular formula is C27H32ClN5O5. The van der Waals surface area contributed by atoms with Crippen LogP contribution in [-0.2, 0) is 22.4 Å². The lowest BCUT2D eigenvalue weighted by molar-refractivity contribution is -0.139. The molecule has 3 aromatic rings. The Morgan fingerprint density at radius 3 is 2.53 bits per heavy atom. The number of benzene rings is 2. The van der Waals surface area contributed by atoms with Gasteiger partial charge in [-0.15, -0.1) is 0 Å². The quantitative estimate of drug-likeness (QED) is 0.318. The van der Waals surface area contributed by atoms with Crippen LogP contribution in [0.15, 0.2) is 46.9 Å². The molecule has 2 aliphatic heterocycles. The lowest BCUT2D eigenvalue weighted by Gasteiger charge is -2.45. The van der Waals surface area contributed by atoms with E-state index >= 15 is 0 Å². The number of imide groups is 1. The Bertz CT molecular complexity index is 1360. The van der Waals surface area contributed by atoms with Gasteiger partial charge < -0.3 is 19.2 Å². The Morgan fingerprint density at radius 2 is 1.87 bits per heavy atom. The molecule has 0 saturated carbocycles. The Balaban J connectivity index is 1.45. The first-order valence-electron chi connectivity index (χ1n) is 12.6. The summed E-state index contributed by atoms with van der Waals surface area (Å²) in [6, 6.07) is 11.7. The van der Waals surface area contributed by atoms with E-state index in [1.165, 1.54) is 4.90 Å². The highest BCUT2D eigenvalue weighted by Crippen LogP contribution is 2.30. The number of hydrogen-bond donors (Lipinski definition) is 2. The SMILES string of the molecule is CCc1oc2ccc(NC3N(N)C(=O)N(C[C@H]4COC(C)(C)O4)C(=O)N3Cc3ccc(Cl)cc3)cc2c1C. The van der Waals surface area contributed by atoms with Crippen LogP contribution in [0.25, 0.3) is 11.0 Å². The third kappa shape index (κ3) is 5.04. The summed E-state index contributed by atoms with van der Waals surface area (Å²) in [5.41, 5.74) is 3.34. The summed E-state index contributed by atoms with van der Waals surface area (Å²) in [4.78, 5) is 29.7. The van der Waals surface area contributed by atoms with E-state index in [1.807, 2.05) is 44.2 Å². The van der Waals surface area contributed by atoms with E-state index in [2.05, 4.69) is 5.32 Å². The molecule has 2 aliphatic rings. The summed E-state index contributed by atoms with van der Waals surface area (Å²) in [5.74, 6) is 6.49. The van der Waals surface area contributed by atoms with Crippen molar-refractivity contribution in [3.8, 4) is 0 Å². The van der Waals surface area contributed by atoms with Crippen molar-refractivity contribution in [2.75, 3.05) is 18.5 Å². The van der Waals surface area contributed by atoms with E-state index in [1.54, 1.807) is 26.0 Å². The summed E-state index contributed by atoms with van der Waals surface area (Å²) in [7, 11) is 0. The second kappa shape index (κ2) is 10.1. The zero-order valence-corrected chi connectivity index (χ0v) is 22.6. The minimum Gasteiger partial charge on any atom is -0.461 e. The lowest BCUT2D eigenvalue weighted by atomic mass is 10.1. The van der Waals surface area contributed by atoms with Gasteiger partial charge in [0.1, 0.15) is 17.4 Å². The molecule has 202 valence electrons. The molecule has 0 bridgehead atoms. The summed E-state index contributed by atoms with van der Waals surface area (Å²) >= 11 is 6.07. The lowest BCUT2D eigenvalue weighted by Crippen LogP contribution is -2.71. The Kier molecular flexibility index (Phi) is 6.99. The predicted molar refractivity (Wildman–Crippen MR) is 143 cm³/mol. The summed E-state index contributed by atoms with van der Waals surface area (Å²) < 4.78 is 17.4. The number of anilines is 1. The van der Waals surface area contributed by atoms with Crippen molar-refractivity contribution in [2.24, 2.45) is 5.84 Å². The van der Waals surface area contributed by atoms with E-state index in [4.69, 9.17) is 31.3 Å². The molecule has 0 radical (unpaired) electrons. The van der Waals surface area contributed by atoms with Gasteiger partial charge in [0.2, 0.25) is 6.29 Å². The number of nitrogens with one attached hydrogen (secondary N) is 1. The molecule has 2 aromatic carbocycles. The molecule has 2 fully saturated rings. The van der Waals surface area contributed by atoms with E-state index in [-0.39, 0.29) is 19.7 Å². The van der Waals surface area contributed by atoms with Gasteiger partial charge in [0.15, 0.2) is 5.79 Å². The molecule has 2 atom stereocenters. The maximum absolute atomic E-state index is 13.8. The fourth-order valence-corrected chi connectivity index (χ4v) is 5.01. The molecule has 38 heavy (non-hydrogen) atoms. The van der Waals surface area contributed by atoms with Crippen LogP contribution in [0.1, 0.15) is 37.7 Å². The number of nitrogens with two attached hydrogens (primary N) is 1. The number of furan rings is 1. The van der Waals surface area contributed by atoms with Crippen LogP contribution in [0, 0.1) is 6.92 Å². The molecule has 4 amide bonds. The summed E-state index contributed by atoms with van der Waals surface area (Å²) in [5, 5.41) is 5.85. The van der Waals surface area contributed by atoms with Gasteiger partial charge in [-0.1, -0.05) is 30.7 Å². The van der Waals surface area contributed by atoms with E-state index in [0.29, 0.717) is 10.7 Å². The normalized spacial score (nSPS) is 21.6. The third-order valence-electron chi connectivity index (χ3n) is 6.86. The van der Waals surface area contributed by atoms with Crippen molar-refractivity contribution >= 4 is 40.3 Å². The van der Waals surface area contributed by atoms with Gasteiger partial charge in [-0.05, 0) is 62.2 Å². The molecule has 10 nitrogen and oxygen atoms in total. The topological polar surface area (TPSA) is 114 Å². The number of carbonyl (C=O) groups excluding carboxylic acids is 2. The Labute approximate surface area is 226 Å². The van der Waals surface area contributed by atoms with Crippen molar-refractivity contribution in [2.45, 2.75) is 58.8 Å². The van der Waals surface area contributed by atoms with Gasteiger partial charge in [0.25, 0.3) is 0 Å². The predicted octanol–water partition coefficient (Wildman–Crippen LogP) is 5.04. The first-order chi connectivity index (χ1) is 18.1. The Hall–Kier alpha value is -3.31. The zero-order valence-electron chi connectivity index (χ0n) is 21.9. The Morgan fingerprint density at radius 1 is 1.13 bits per heavy atom. The van der Waals surface area contributed by atoms with Crippen LogP contribution in [0.2, 0.25) is 5.02 Å². The van der Waals surface area contributed by atoms with Crippen LogP contribution in [-0.4, -0.2) is 58.2 Å². The average Bonchev–Trinajstić information content (AvgIpc) is 3.41. The van der Waals surface area contributed by atoms with E-state index in [0.717, 1.165) is 44.2 Å². The molecule has 1 unspecified atom stereocenters. The van der Waals surface area contributed by atoms with Gasteiger partial charge in [0, 0.05) is 22.5 Å². The van der Waals surface area contributed by atoms with Crippen molar-refractivity contribution in [3.63, 3.8) is 0 Å². The van der Waals surface area contributed by atoms with Gasteiger partial charge in [0.05, 0.1) is 19.7 Å². The maximum Gasteiger partial charge on any atom is 0.345 e. The highest BCUT2D eigenvalue weighted by atomic mass is 35.5. The highest BCUT2D eigenvalue weighted by molar-refractivity contribution is 6.30. The standard InChI is InChI=1S/C27H32ClN5O5/c1-5-22-16(2)21-12-19(10-11-23(21)37-22)30-24-31(13-17-6-8-18(28)9-7-17)25(34)32(26(35)33(24)29)14-20-15-36-27(3,4)38-20/h6-12,20,24,30H,5,13-15,29H2,1-4H3/t20-,24?/m0/s1.